The molecule has 0 spiro atoms. The minimum absolute atomic E-state index is 0. The SMILES string of the molecule is CCOc1ccc(CN=C(N)N2CCCC(C)C2)cc1OC.I. The van der Waals surface area contributed by atoms with Crippen LogP contribution in [0, 0.1) is 5.92 Å². The van der Waals surface area contributed by atoms with Gasteiger partial charge in [-0.1, -0.05) is 13.0 Å². The van der Waals surface area contributed by atoms with Crippen LogP contribution in [0.15, 0.2) is 23.2 Å². The number of nitrogens with zero attached hydrogens (tertiary/aromatic N) is 2. The molecule has 5 nitrogen and oxygen atoms in total. The number of hydrogen-bond acceptors (Lipinski definition) is 3. The molecule has 1 aromatic carbocycles. The fourth-order valence-corrected chi connectivity index (χ4v) is 2.75. The number of piperidine rings is 1. The predicted molar refractivity (Wildman–Crippen MR) is 105 cm³/mol. The molecule has 2 N–H and O–H groups in total. The van der Waals surface area contributed by atoms with E-state index in [1.807, 2.05) is 25.1 Å². The maximum atomic E-state index is 6.13. The van der Waals surface area contributed by atoms with Gasteiger partial charge in [0.1, 0.15) is 0 Å². The molecule has 1 saturated heterocycles. The van der Waals surface area contributed by atoms with Crippen molar-refractivity contribution >= 4 is 29.9 Å². The van der Waals surface area contributed by atoms with E-state index in [4.69, 9.17) is 15.2 Å². The van der Waals surface area contributed by atoms with Crippen LogP contribution in [0.4, 0.5) is 0 Å². The molecule has 0 aromatic heterocycles. The molecule has 0 bridgehead atoms. The van der Waals surface area contributed by atoms with Crippen molar-refractivity contribution in [2.24, 2.45) is 16.6 Å². The fourth-order valence-electron chi connectivity index (χ4n) is 2.75. The van der Waals surface area contributed by atoms with Gasteiger partial charge in [0, 0.05) is 13.1 Å². The van der Waals surface area contributed by atoms with Crippen molar-refractivity contribution in [1.29, 1.82) is 0 Å². The Hall–Kier alpha value is -1.18. The summed E-state index contributed by atoms with van der Waals surface area (Å²) in [5.74, 6) is 2.82. The summed E-state index contributed by atoms with van der Waals surface area (Å²) in [6.07, 6.45) is 2.47. The lowest BCUT2D eigenvalue weighted by Crippen LogP contribution is -2.43. The molecule has 1 aromatic rings. The molecule has 130 valence electrons. The zero-order valence-corrected chi connectivity index (χ0v) is 16.6. The third-order valence-corrected chi connectivity index (χ3v) is 3.93. The molecule has 1 aliphatic rings. The zero-order valence-electron chi connectivity index (χ0n) is 14.2. The average Bonchev–Trinajstić information content (AvgIpc) is 2.53. The topological polar surface area (TPSA) is 60.1 Å². The molecular formula is C17H28IN3O2. The van der Waals surface area contributed by atoms with Gasteiger partial charge in [0.05, 0.1) is 20.3 Å². The van der Waals surface area contributed by atoms with Crippen LogP contribution in [0.3, 0.4) is 0 Å². The second-order valence-electron chi connectivity index (χ2n) is 5.79. The van der Waals surface area contributed by atoms with E-state index in [1.165, 1.54) is 12.8 Å². The molecule has 1 aliphatic heterocycles. The maximum absolute atomic E-state index is 6.13. The quantitative estimate of drug-likeness (QED) is 0.440. The Balaban J connectivity index is 0.00000264. The van der Waals surface area contributed by atoms with E-state index in [9.17, 15) is 0 Å². The summed E-state index contributed by atoms with van der Waals surface area (Å²) in [5.41, 5.74) is 7.19. The van der Waals surface area contributed by atoms with Crippen LogP contribution in [0.25, 0.3) is 0 Å². The van der Waals surface area contributed by atoms with E-state index in [0.29, 0.717) is 25.0 Å². The zero-order chi connectivity index (χ0) is 15.9. The van der Waals surface area contributed by atoms with Gasteiger partial charge >= 0.3 is 0 Å². The van der Waals surface area contributed by atoms with E-state index in [-0.39, 0.29) is 24.0 Å². The highest BCUT2D eigenvalue weighted by molar-refractivity contribution is 14.0. The number of benzene rings is 1. The van der Waals surface area contributed by atoms with Crippen molar-refractivity contribution in [1.82, 2.24) is 4.90 Å². The predicted octanol–water partition coefficient (Wildman–Crippen LogP) is 3.26. The first kappa shape index (κ1) is 19.9. The van der Waals surface area contributed by atoms with E-state index in [1.54, 1.807) is 7.11 Å². The van der Waals surface area contributed by atoms with Gasteiger partial charge in [-0.15, -0.1) is 24.0 Å². The van der Waals surface area contributed by atoms with Gasteiger partial charge in [-0.3, -0.25) is 0 Å². The lowest BCUT2D eigenvalue weighted by molar-refractivity contribution is 0.270. The number of hydrogen-bond donors (Lipinski definition) is 1. The molecule has 1 atom stereocenters. The molecule has 1 heterocycles. The number of likely N-dealkylation sites (tertiary alicyclic amines) is 1. The Morgan fingerprint density at radius 1 is 1.39 bits per heavy atom. The molecule has 1 fully saturated rings. The standard InChI is InChI=1S/C17H27N3O2.HI/c1-4-22-15-8-7-14(10-16(15)21-3)11-19-17(18)20-9-5-6-13(2)12-20;/h7-8,10,13H,4-6,9,11-12H2,1-3H3,(H2,18,19);1H. The van der Waals surface area contributed by atoms with E-state index in [0.717, 1.165) is 30.2 Å². The van der Waals surface area contributed by atoms with Crippen LogP contribution in [0.1, 0.15) is 32.3 Å². The third kappa shape index (κ3) is 5.75. The number of methoxy groups -OCH3 is 1. The number of aliphatic imine (C=N–C) groups is 1. The summed E-state index contributed by atoms with van der Waals surface area (Å²) < 4.78 is 10.9. The third-order valence-electron chi connectivity index (χ3n) is 3.93. The molecular weight excluding hydrogens is 405 g/mol. The molecule has 0 aliphatic carbocycles. The Bertz CT molecular complexity index is 523. The molecule has 1 unspecified atom stereocenters. The van der Waals surface area contributed by atoms with E-state index >= 15 is 0 Å². The maximum Gasteiger partial charge on any atom is 0.191 e. The van der Waals surface area contributed by atoms with Crippen LogP contribution >= 0.6 is 24.0 Å². The van der Waals surface area contributed by atoms with E-state index < -0.39 is 0 Å². The highest BCUT2D eigenvalue weighted by Crippen LogP contribution is 2.28. The first-order chi connectivity index (χ1) is 10.6. The van der Waals surface area contributed by atoms with Crippen LogP contribution in [-0.2, 0) is 6.54 Å². The molecule has 6 heteroatoms. The Morgan fingerprint density at radius 3 is 2.83 bits per heavy atom. The Labute approximate surface area is 156 Å². The number of guanidine groups is 1. The largest absolute Gasteiger partial charge is 0.493 e. The first-order valence-corrected chi connectivity index (χ1v) is 7.98. The smallest absolute Gasteiger partial charge is 0.191 e. The fraction of sp³-hybridized carbons (Fsp3) is 0.588. The van der Waals surface area contributed by atoms with Gasteiger partial charge < -0.3 is 20.1 Å². The Kier molecular flexibility index (Phi) is 8.51. The van der Waals surface area contributed by atoms with Crippen LogP contribution in [0.5, 0.6) is 11.5 Å². The molecule has 23 heavy (non-hydrogen) atoms. The Morgan fingerprint density at radius 2 is 2.17 bits per heavy atom. The first-order valence-electron chi connectivity index (χ1n) is 7.98. The van der Waals surface area contributed by atoms with Gasteiger partial charge in [-0.05, 0) is 43.4 Å². The number of halogens is 1. The van der Waals surface area contributed by atoms with Gasteiger partial charge in [0.2, 0.25) is 0 Å². The summed E-state index contributed by atoms with van der Waals surface area (Å²) >= 11 is 0. The molecule has 2 rings (SSSR count). The lowest BCUT2D eigenvalue weighted by atomic mass is 10.0. The van der Waals surface area contributed by atoms with Crippen molar-refractivity contribution in [2.75, 3.05) is 26.8 Å². The minimum Gasteiger partial charge on any atom is -0.493 e. The average molecular weight is 433 g/mol. The molecule has 0 saturated carbocycles. The van der Waals surface area contributed by atoms with Crippen molar-refractivity contribution in [2.45, 2.75) is 33.2 Å². The van der Waals surface area contributed by atoms with Crippen molar-refractivity contribution < 1.29 is 9.47 Å². The normalized spacial score (nSPS) is 18.3. The van der Waals surface area contributed by atoms with Crippen molar-refractivity contribution in [3.63, 3.8) is 0 Å². The van der Waals surface area contributed by atoms with Gasteiger partial charge in [0.15, 0.2) is 17.5 Å². The summed E-state index contributed by atoms with van der Waals surface area (Å²) in [4.78, 5) is 6.71. The van der Waals surface area contributed by atoms with Gasteiger partial charge in [-0.25, -0.2) is 4.99 Å². The lowest BCUT2D eigenvalue weighted by Gasteiger charge is -2.31. The van der Waals surface area contributed by atoms with Crippen molar-refractivity contribution in [3.8, 4) is 11.5 Å². The highest BCUT2D eigenvalue weighted by atomic mass is 127. The van der Waals surface area contributed by atoms with Gasteiger partial charge in [-0.2, -0.15) is 0 Å². The number of rotatable bonds is 5. The summed E-state index contributed by atoms with van der Waals surface area (Å²) in [7, 11) is 1.65. The highest BCUT2D eigenvalue weighted by Gasteiger charge is 2.17. The van der Waals surface area contributed by atoms with Crippen molar-refractivity contribution in [3.05, 3.63) is 23.8 Å². The summed E-state index contributed by atoms with van der Waals surface area (Å²) in [6, 6.07) is 5.88. The minimum atomic E-state index is 0. The van der Waals surface area contributed by atoms with Crippen LogP contribution < -0.4 is 15.2 Å². The second kappa shape index (κ2) is 9.85. The second-order valence-corrected chi connectivity index (χ2v) is 5.79. The van der Waals surface area contributed by atoms with Gasteiger partial charge in [0.25, 0.3) is 0 Å². The molecule has 0 radical (unpaired) electrons. The van der Waals surface area contributed by atoms with E-state index in [2.05, 4.69) is 16.8 Å². The number of nitrogens with two attached hydrogens (primary N) is 1. The summed E-state index contributed by atoms with van der Waals surface area (Å²) in [5, 5.41) is 0. The van der Waals surface area contributed by atoms with Crippen LogP contribution in [0.2, 0.25) is 0 Å². The van der Waals surface area contributed by atoms with Crippen LogP contribution in [-0.4, -0.2) is 37.7 Å². The monoisotopic (exact) mass is 433 g/mol. The number of ether oxygens (including phenoxy) is 2. The summed E-state index contributed by atoms with van der Waals surface area (Å²) in [6.45, 7) is 7.40. The molecule has 0 amide bonds.